The lowest BCUT2D eigenvalue weighted by Gasteiger charge is -2.17. The van der Waals surface area contributed by atoms with E-state index in [4.69, 9.17) is 16.0 Å². The molecular formula is C21H20ClN3O5S. The maximum Gasteiger partial charge on any atom is 0.253 e. The Balaban J connectivity index is 1.66. The second-order valence-corrected chi connectivity index (χ2v) is 9.05. The van der Waals surface area contributed by atoms with E-state index in [1.165, 1.54) is 37.6 Å². The first kappa shape index (κ1) is 22.5. The highest BCUT2D eigenvalue weighted by Crippen LogP contribution is 2.19. The lowest BCUT2D eigenvalue weighted by Crippen LogP contribution is -2.35. The van der Waals surface area contributed by atoms with E-state index in [0.29, 0.717) is 10.8 Å². The number of hydrogen-bond donors (Lipinski definition) is 2. The van der Waals surface area contributed by atoms with Crippen molar-refractivity contribution >= 4 is 39.1 Å². The maximum atomic E-state index is 12.6. The molecule has 162 valence electrons. The van der Waals surface area contributed by atoms with Gasteiger partial charge in [0.1, 0.15) is 5.76 Å². The van der Waals surface area contributed by atoms with Gasteiger partial charge in [0.2, 0.25) is 15.9 Å². The number of para-hydroxylation sites is 1. The summed E-state index contributed by atoms with van der Waals surface area (Å²) >= 11 is 5.80. The van der Waals surface area contributed by atoms with Gasteiger partial charge in [-0.05, 0) is 48.5 Å². The molecule has 2 N–H and O–H groups in total. The van der Waals surface area contributed by atoms with Gasteiger partial charge in [0.25, 0.3) is 5.91 Å². The minimum absolute atomic E-state index is 0.0184. The Morgan fingerprint density at radius 2 is 1.74 bits per heavy atom. The minimum Gasteiger partial charge on any atom is -0.467 e. The van der Waals surface area contributed by atoms with Crippen molar-refractivity contribution in [1.82, 2.24) is 9.62 Å². The van der Waals surface area contributed by atoms with E-state index in [-0.39, 0.29) is 22.7 Å². The zero-order valence-corrected chi connectivity index (χ0v) is 18.1. The normalized spacial score (nSPS) is 11.3. The van der Waals surface area contributed by atoms with E-state index in [1.54, 1.807) is 36.4 Å². The molecule has 0 aliphatic carbocycles. The van der Waals surface area contributed by atoms with Crippen LogP contribution in [0.15, 0.2) is 76.2 Å². The monoisotopic (exact) mass is 461 g/mol. The number of likely N-dealkylation sites (N-methyl/N-ethyl adjacent to an activating group) is 1. The quantitative estimate of drug-likeness (QED) is 0.535. The van der Waals surface area contributed by atoms with Crippen LogP contribution in [-0.4, -0.2) is 38.1 Å². The third kappa shape index (κ3) is 5.72. The van der Waals surface area contributed by atoms with Gasteiger partial charge in [-0.2, -0.15) is 4.31 Å². The first-order valence-corrected chi connectivity index (χ1v) is 11.0. The molecule has 0 aliphatic rings. The fourth-order valence-corrected chi connectivity index (χ4v) is 3.98. The van der Waals surface area contributed by atoms with Crippen LogP contribution in [0.5, 0.6) is 0 Å². The van der Waals surface area contributed by atoms with Gasteiger partial charge in [0.05, 0.1) is 35.5 Å². The summed E-state index contributed by atoms with van der Waals surface area (Å²) < 4.78 is 31.4. The average molecular weight is 462 g/mol. The summed E-state index contributed by atoms with van der Waals surface area (Å²) in [7, 11) is -2.58. The lowest BCUT2D eigenvalue weighted by molar-refractivity contribution is -0.116. The van der Waals surface area contributed by atoms with Crippen LogP contribution in [0.4, 0.5) is 5.69 Å². The first-order chi connectivity index (χ1) is 14.8. The van der Waals surface area contributed by atoms with Crippen molar-refractivity contribution in [3.05, 3.63) is 83.3 Å². The number of hydrogen-bond acceptors (Lipinski definition) is 5. The van der Waals surface area contributed by atoms with Gasteiger partial charge < -0.3 is 15.1 Å². The van der Waals surface area contributed by atoms with E-state index in [0.717, 1.165) is 4.31 Å². The van der Waals surface area contributed by atoms with Crippen molar-refractivity contribution in [2.75, 3.05) is 18.9 Å². The van der Waals surface area contributed by atoms with Crippen LogP contribution in [0.25, 0.3) is 0 Å². The minimum atomic E-state index is -3.88. The zero-order valence-electron chi connectivity index (χ0n) is 16.5. The first-order valence-electron chi connectivity index (χ1n) is 9.19. The van der Waals surface area contributed by atoms with E-state index >= 15 is 0 Å². The standard InChI is InChI=1S/C21H20ClN3O5S/c1-25(31(28,29)17-10-8-15(22)9-11-17)14-20(26)24-19-7-3-2-6-18(19)21(27)23-13-16-5-4-12-30-16/h2-12H,13-14H2,1H3,(H,23,27)(H,24,26). The topological polar surface area (TPSA) is 109 Å². The Labute approximate surface area is 184 Å². The molecule has 31 heavy (non-hydrogen) atoms. The van der Waals surface area contributed by atoms with Crippen molar-refractivity contribution in [2.45, 2.75) is 11.4 Å². The lowest BCUT2D eigenvalue weighted by atomic mass is 10.1. The number of furan rings is 1. The molecule has 0 aliphatic heterocycles. The number of halogens is 1. The smallest absolute Gasteiger partial charge is 0.253 e. The van der Waals surface area contributed by atoms with E-state index in [1.807, 2.05) is 0 Å². The molecule has 3 rings (SSSR count). The SMILES string of the molecule is CN(CC(=O)Nc1ccccc1C(=O)NCc1ccco1)S(=O)(=O)c1ccc(Cl)cc1. The fourth-order valence-electron chi connectivity index (χ4n) is 2.73. The molecule has 0 saturated heterocycles. The second-order valence-electron chi connectivity index (χ2n) is 6.57. The predicted molar refractivity (Wildman–Crippen MR) is 116 cm³/mol. The van der Waals surface area contributed by atoms with Gasteiger partial charge >= 0.3 is 0 Å². The summed E-state index contributed by atoms with van der Waals surface area (Å²) in [6.07, 6.45) is 1.50. The molecule has 8 nitrogen and oxygen atoms in total. The summed E-state index contributed by atoms with van der Waals surface area (Å²) in [6.45, 7) is -0.247. The van der Waals surface area contributed by atoms with Gasteiger partial charge in [-0.25, -0.2) is 8.42 Å². The van der Waals surface area contributed by atoms with Crippen molar-refractivity contribution in [3.8, 4) is 0 Å². The Hall–Kier alpha value is -3.14. The molecule has 1 aromatic heterocycles. The number of carbonyl (C=O) groups excluding carboxylic acids is 2. The van der Waals surface area contributed by atoms with E-state index in [9.17, 15) is 18.0 Å². The van der Waals surface area contributed by atoms with Crippen LogP contribution in [0.1, 0.15) is 16.1 Å². The highest BCUT2D eigenvalue weighted by atomic mass is 35.5. The Bertz CT molecular complexity index is 1160. The van der Waals surface area contributed by atoms with E-state index in [2.05, 4.69) is 10.6 Å². The number of carbonyl (C=O) groups is 2. The second kappa shape index (κ2) is 9.78. The third-order valence-electron chi connectivity index (χ3n) is 4.34. The number of nitrogens with zero attached hydrogens (tertiary/aromatic N) is 1. The van der Waals surface area contributed by atoms with Gasteiger partial charge in [0.15, 0.2) is 0 Å². The van der Waals surface area contributed by atoms with Gasteiger partial charge in [-0.3, -0.25) is 9.59 Å². The van der Waals surface area contributed by atoms with Gasteiger partial charge in [0, 0.05) is 12.1 Å². The molecule has 0 spiro atoms. The molecule has 0 unspecified atom stereocenters. The Kier molecular flexibility index (Phi) is 7.11. The van der Waals surface area contributed by atoms with Crippen LogP contribution in [-0.2, 0) is 21.4 Å². The molecule has 0 fully saturated rings. The number of sulfonamides is 1. The highest BCUT2D eigenvalue weighted by molar-refractivity contribution is 7.89. The molecule has 0 saturated carbocycles. The third-order valence-corrected chi connectivity index (χ3v) is 6.41. The number of anilines is 1. The molecule has 3 aromatic rings. The highest BCUT2D eigenvalue weighted by Gasteiger charge is 2.23. The van der Waals surface area contributed by atoms with E-state index < -0.39 is 28.4 Å². The Morgan fingerprint density at radius 1 is 1.03 bits per heavy atom. The van der Waals surface area contributed by atoms with Gasteiger partial charge in [-0.1, -0.05) is 23.7 Å². The van der Waals surface area contributed by atoms with Crippen LogP contribution < -0.4 is 10.6 Å². The molecule has 0 radical (unpaired) electrons. The molecule has 10 heteroatoms. The summed E-state index contributed by atoms with van der Waals surface area (Å²) in [6, 6.07) is 15.5. The van der Waals surface area contributed by atoms with Crippen molar-refractivity contribution in [3.63, 3.8) is 0 Å². The maximum absolute atomic E-state index is 12.6. The molecular weight excluding hydrogens is 442 g/mol. The van der Waals surface area contributed by atoms with Crippen LogP contribution >= 0.6 is 11.6 Å². The zero-order chi connectivity index (χ0) is 22.4. The number of nitrogens with one attached hydrogen (secondary N) is 2. The number of benzene rings is 2. The van der Waals surface area contributed by atoms with Gasteiger partial charge in [-0.15, -0.1) is 0 Å². The fraction of sp³-hybridized carbons (Fsp3) is 0.143. The summed E-state index contributed by atoms with van der Waals surface area (Å²) in [5.74, 6) is -0.412. The Morgan fingerprint density at radius 3 is 2.42 bits per heavy atom. The van der Waals surface area contributed by atoms with Crippen LogP contribution in [0, 0.1) is 0 Å². The van der Waals surface area contributed by atoms with Crippen LogP contribution in [0.2, 0.25) is 5.02 Å². The van der Waals surface area contributed by atoms with Crippen molar-refractivity contribution in [2.24, 2.45) is 0 Å². The molecule has 1 heterocycles. The number of rotatable bonds is 8. The summed E-state index contributed by atoms with van der Waals surface area (Å²) in [4.78, 5) is 25.0. The summed E-state index contributed by atoms with van der Waals surface area (Å²) in [5.41, 5.74) is 0.507. The van der Waals surface area contributed by atoms with Crippen molar-refractivity contribution in [1.29, 1.82) is 0 Å². The molecule has 0 atom stereocenters. The van der Waals surface area contributed by atoms with Crippen molar-refractivity contribution < 1.29 is 22.4 Å². The van der Waals surface area contributed by atoms with Crippen LogP contribution in [0.3, 0.4) is 0 Å². The predicted octanol–water partition coefficient (Wildman–Crippen LogP) is 3.12. The average Bonchev–Trinajstić information content (AvgIpc) is 3.26. The molecule has 2 amide bonds. The summed E-state index contributed by atoms with van der Waals surface area (Å²) in [5, 5.41) is 5.71. The molecule has 2 aromatic carbocycles. The largest absolute Gasteiger partial charge is 0.467 e. The number of amides is 2. The molecule has 0 bridgehead atoms.